The number of benzene rings is 1. The topological polar surface area (TPSA) is 33.3 Å². The summed E-state index contributed by atoms with van der Waals surface area (Å²) in [5, 5.41) is 7.16. The predicted molar refractivity (Wildman–Crippen MR) is 82.4 cm³/mol. The fourth-order valence-electron chi connectivity index (χ4n) is 2.61. The Kier molecular flexibility index (Phi) is 5.82. The summed E-state index contributed by atoms with van der Waals surface area (Å²) in [5.74, 6) is 0. The minimum Gasteiger partial charge on any atom is -0.379 e. The van der Waals surface area contributed by atoms with E-state index in [0.29, 0.717) is 18.1 Å². The Hall–Kier alpha value is -0.420. The van der Waals surface area contributed by atoms with E-state index >= 15 is 0 Å². The van der Waals surface area contributed by atoms with Crippen molar-refractivity contribution in [1.29, 1.82) is 0 Å². The molecule has 4 heteroatoms. The van der Waals surface area contributed by atoms with Crippen LogP contribution in [0.5, 0.6) is 0 Å². The Morgan fingerprint density at radius 1 is 1.42 bits per heavy atom. The number of morpholine rings is 1. The third-order valence-electron chi connectivity index (χ3n) is 3.54. The van der Waals surface area contributed by atoms with Crippen molar-refractivity contribution in [2.75, 3.05) is 19.8 Å². The zero-order valence-corrected chi connectivity index (χ0v) is 13.2. The van der Waals surface area contributed by atoms with Crippen LogP contribution in [0.25, 0.3) is 0 Å². The molecule has 2 N–H and O–H groups in total. The molecule has 0 saturated carbocycles. The highest BCUT2D eigenvalue weighted by atomic mass is 79.9. The van der Waals surface area contributed by atoms with Crippen LogP contribution in [0.2, 0.25) is 0 Å². The second kappa shape index (κ2) is 7.39. The summed E-state index contributed by atoms with van der Waals surface area (Å²) in [6.45, 7) is 7.09. The van der Waals surface area contributed by atoms with Crippen LogP contribution < -0.4 is 10.6 Å². The van der Waals surface area contributed by atoms with Crippen molar-refractivity contribution in [2.24, 2.45) is 0 Å². The molecule has 1 aromatic carbocycles. The Labute approximate surface area is 124 Å². The molecule has 1 saturated heterocycles. The standard InChI is InChI=1S/C15H23BrN2O/c1-11(9-13-10-19-8-7-17-13)18-12(2)14-5-3-4-6-15(14)16/h3-6,11-13,17-18H,7-10H2,1-2H3. The first-order chi connectivity index (χ1) is 9.16. The third kappa shape index (κ3) is 4.56. The SMILES string of the molecule is CC(CC1COCCN1)NC(C)c1ccccc1Br. The third-order valence-corrected chi connectivity index (χ3v) is 4.26. The lowest BCUT2D eigenvalue weighted by Crippen LogP contribution is -2.45. The smallest absolute Gasteiger partial charge is 0.0620 e. The lowest BCUT2D eigenvalue weighted by atomic mass is 10.0. The monoisotopic (exact) mass is 326 g/mol. The van der Waals surface area contributed by atoms with E-state index in [1.165, 1.54) is 10.0 Å². The van der Waals surface area contributed by atoms with Crippen molar-refractivity contribution < 1.29 is 4.74 Å². The molecule has 0 radical (unpaired) electrons. The number of hydrogen-bond acceptors (Lipinski definition) is 3. The highest BCUT2D eigenvalue weighted by Crippen LogP contribution is 2.23. The van der Waals surface area contributed by atoms with E-state index in [-0.39, 0.29) is 0 Å². The second-order valence-electron chi connectivity index (χ2n) is 5.27. The molecule has 1 fully saturated rings. The fourth-order valence-corrected chi connectivity index (χ4v) is 3.24. The number of hydrogen-bond donors (Lipinski definition) is 2. The van der Waals surface area contributed by atoms with Gasteiger partial charge in [0.2, 0.25) is 0 Å². The molecule has 1 aromatic rings. The van der Waals surface area contributed by atoms with Crippen LogP contribution in [0.3, 0.4) is 0 Å². The molecule has 3 atom stereocenters. The molecule has 1 heterocycles. The number of halogens is 1. The fraction of sp³-hybridized carbons (Fsp3) is 0.600. The Morgan fingerprint density at radius 3 is 2.89 bits per heavy atom. The molecule has 1 aliphatic rings. The average Bonchev–Trinajstić information content (AvgIpc) is 2.40. The zero-order chi connectivity index (χ0) is 13.7. The van der Waals surface area contributed by atoms with E-state index in [0.717, 1.165) is 26.2 Å². The second-order valence-corrected chi connectivity index (χ2v) is 6.13. The molecule has 3 nitrogen and oxygen atoms in total. The lowest BCUT2D eigenvalue weighted by Gasteiger charge is -2.28. The quantitative estimate of drug-likeness (QED) is 0.872. The van der Waals surface area contributed by atoms with Gasteiger partial charge in [-0.25, -0.2) is 0 Å². The van der Waals surface area contributed by atoms with Crippen molar-refractivity contribution >= 4 is 15.9 Å². The molecular weight excluding hydrogens is 304 g/mol. The summed E-state index contributed by atoms with van der Waals surface area (Å²) in [7, 11) is 0. The molecule has 19 heavy (non-hydrogen) atoms. The van der Waals surface area contributed by atoms with Gasteiger partial charge in [-0.1, -0.05) is 34.1 Å². The van der Waals surface area contributed by atoms with E-state index in [4.69, 9.17) is 4.74 Å². The van der Waals surface area contributed by atoms with Crippen LogP contribution in [-0.4, -0.2) is 31.8 Å². The van der Waals surface area contributed by atoms with Crippen molar-refractivity contribution in [3.8, 4) is 0 Å². The van der Waals surface area contributed by atoms with Crippen molar-refractivity contribution in [2.45, 2.75) is 38.4 Å². The van der Waals surface area contributed by atoms with Gasteiger partial charge in [0.25, 0.3) is 0 Å². The maximum Gasteiger partial charge on any atom is 0.0620 e. The van der Waals surface area contributed by atoms with Crippen LogP contribution in [0, 0.1) is 0 Å². The van der Waals surface area contributed by atoms with Crippen molar-refractivity contribution in [1.82, 2.24) is 10.6 Å². The number of rotatable bonds is 5. The van der Waals surface area contributed by atoms with Crippen LogP contribution in [0.4, 0.5) is 0 Å². The molecule has 0 amide bonds. The summed E-state index contributed by atoms with van der Waals surface area (Å²) in [6, 6.07) is 9.66. The van der Waals surface area contributed by atoms with Gasteiger partial charge in [0.05, 0.1) is 13.2 Å². The zero-order valence-electron chi connectivity index (χ0n) is 11.7. The maximum absolute atomic E-state index is 5.49. The molecule has 2 rings (SSSR count). The number of nitrogens with one attached hydrogen (secondary N) is 2. The van der Waals surface area contributed by atoms with Gasteiger partial charge in [0, 0.05) is 29.1 Å². The van der Waals surface area contributed by atoms with E-state index < -0.39 is 0 Å². The van der Waals surface area contributed by atoms with E-state index in [1.54, 1.807) is 0 Å². The first-order valence-corrected chi connectivity index (χ1v) is 7.77. The van der Waals surface area contributed by atoms with Gasteiger partial charge in [0.15, 0.2) is 0 Å². The molecule has 0 aromatic heterocycles. The van der Waals surface area contributed by atoms with Gasteiger partial charge in [-0.3, -0.25) is 0 Å². The molecule has 106 valence electrons. The van der Waals surface area contributed by atoms with Gasteiger partial charge in [0.1, 0.15) is 0 Å². The van der Waals surface area contributed by atoms with Gasteiger partial charge < -0.3 is 15.4 Å². The Morgan fingerprint density at radius 2 is 2.21 bits per heavy atom. The predicted octanol–water partition coefficient (Wildman–Crippen LogP) is 2.87. The molecule has 3 unspecified atom stereocenters. The highest BCUT2D eigenvalue weighted by molar-refractivity contribution is 9.10. The minimum absolute atomic E-state index is 0.343. The summed E-state index contributed by atoms with van der Waals surface area (Å²) in [4.78, 5) is 0. The maximum atomic E-state index is 5.49. The number of ether oxygens (including phenoxy) is 1. The summed E-state index contributed by atoms with van der Waals surface area (Å²) in [6.07, 6.45) is 1.09. The Bertz CT molecular complexity index is 393. The average molecular weight is 327 g/mol. The first-order valence-electron chi connectivity index (χ1n) is 6.98. The van der Waals surface area contributed by atoms with Crippen LogP contribution in [0.1, 0.15) is 31.9 Å². The van der Waals surface area contributed by atoms with Gasteiger partial charge >= 0.3 is 0 Å². The van der Waals surface area contributed by atoms with Crippen molar-refractivity contribution in [3.05, 3.63) is 34.3 Å². The van der Waals surface area contributed by atoms with E-state index in [1.807, 2.05) is 6.07 Å². The summed E-state index contributed by atoms with van der Waals surface area (Å²) in [5.41, 5.74) is 1.31. The normalized spacial score (nSPS) is 23.0. The van der Waals surface area contributed by atoms with Gasteiger partial charge in [-0.15, -0.1) is 0 Å². The highest BCUT2D eigenvalue weighted by Gasteiger charge is 2.18. The van der Waals surface area contributed by atoms with Crippen LogP contribution in [0.15, 0.2) is 28.7 Å². The van der Waals surface area contributed by atoms with Crippen LogP contribution >= 0.6 is 15.9 Å². The van der Waals surface area contributed by atoms with Gasteiger partial charge in [-0.05, 0) is 31.9 Å². The summed E-state index contributed by atoms with van der Waals surface area (Å²) < 4.78 is 6.66. The molecule has 0 bridgehead atoms. The van der Waals surface area contributed by atoms with E-state index in [2.05, 4.69) is 58.6 Å². The van der Waals surface area contributed by atoms with Crippen LogP contribution in [-0.2, 0) is 4.74 Å². The summed E-state index contributed by atoms with van der Waals surface area (Å²) >= 11 is 3.61. The van der Waals surface area contributed by atoms with Crippen molar-refractivity contribution in [3.63, 3.8) is 0 Å². The van der Waals surface area contributed by atoms with Gasteiger partial charge in [-0.2, -0.15) is 0 Å². The minimum atomic E-state index is 0.343. The first kappa shape index (κ1) is 15.0. The molecule has 0 aliphatic carbocycles. The largest absolute Gasteiger partial charge is 0.379 e. The Balaban J connectivity index is 1.84. The molecular formula is C15H23BrN2O. The van der Waals surface area contributed by atoms with E-state index in [9.17, 15) is 0 Å². The molecule has 0 spiro atoms. The molecule has 1 aliphatic heterocycles. The lowest BCUT2D eigenvalue weighted by molar-refractivity contribution is 0.0708.